The number of hydrogen-bond acceptors (Lipinski definition) is 3. The minimum atomic E-state index is -0.999. The molecule has 2 aromatic heterocycles. The van der Waals surface area contributed by atoms with Crippen molar-refractivity contribution in [2.24, 2.45) is 0 Å². The van der Waals surface area contributed by atoms with E-state index in [1.807, 2.05) is 22.7 Å². The van der Waals surface area contributed by atoms with E-state index in [0.717, 1.165) is 0 Å². The van der Waals surface area contributed by atoms with Gasteiger partial charge in [-0.2, -0.15) is 0 Å². The molecule has 0 aromatic carbocycles. The topological polar surface area (TPSA) is 66.6 Å². The number of aromatic nitrogens is 2. The Morgan fingerprint density at radius 1 is 1.44 bits per heavy atom. The van der Waals surface area contributed by atoms with Gasteiger partial charge in [-0.15, -0.1) is 0 Å². The highest BCUT2D eigenvalue weighted by molar-refractivity contribution is 5.93. The summed E-state index contributed by atoms with van der Waals surface area (Å²) in [5.74, 6) is -0.293. The Morgan fingerprint density at radius 2 is 2.17 bits per heavy atom. The monoisotopic (exact) mass is 247 g/mol. The molecule has 0 fully saturated rings. The summed E-state index contributed by atoms with van der Waals surface area (Å²) in [6.45, 7) is 6.70. The number of imidazole rings is 1. The maximum atomic E-state index is 11.1. The number of hydrogen-bond donors (Lipinski definition) is 2. The van der Waals surface area contributed by atoms with Gasteiger partial charge in [0.1, 0.15) is 5.82 Å². The van der Waals surface area contributed by atoms with Crippen LogP contribution in [0.2, 0.25) is 0 Å². The van der Waals surface area contributed by atoms with Crippen LogP contribution in [0.4, 0.5) is 0 Å². The fourth-order valence-corrected chi connectivity index (χ4v) is 1.73. The second kappa shape index (κ2) is 4.42. The summed E-state index contributed by atoms with van der Waals surface area (Å²) in [6, 6.07) is 5.43. The third-order valence-corrected chi connectivity index (χ3v) is 2.60. The van der Waals surface area contributed by atoms with Crippen molar-refractivity contribution in [1.82, 2.24) is 14.7 Å². The summed E-state index contributed by atoms with van der Waals surface area (Å²) < 4.78 is 1.81. The molecule has 96 valence electrons. The molecule has 2 rings (SSSR count). The van der Waals surface area contributed by atoms with Gasteiger partial charge in [0, 0.05) is 11.7 Å². The first-order valence-corrected chi connectivity index (χ1v) is 5.83. The van der Waals surface area contributed by atoms with E-state index < -0.39 is 5.97 Å². The van der Waals surface area contributed by atoms with Crippen LogP contribution in [0.1, 0.15) is 37.1 Å². The molecule has 0 aliphatic heterocycles. The van der Waals surface area contributed by atoms with Gasteiger partial charge in [0.2, 0.25) is 0 Å². The van der Waals surface area contributed by atoms with Crippen LogP contribution in [0.15, 0.2) is 24.4 Å². The largest absolute Gasteiger partial charge is 0.476 e. The molecule has 0 bridgehead atoms. The number of pyridine rings is 1. The van der Waals surface area contributed by atoms with Crippen molar-refractivity contribution in [3.8, 4) is 0 Å². The van der Waals surface area contributed by atoms with E-state index in [1.165, 1.54) is 0 Å². The van der Waals surface area contributed by atoms with E-state index in [4.69, 9.17) is 5.11 Å². The lowest BCUT2D eigenvalue weighted by molar-refractivity contribution is 0.0693. The predicted molar refractivity (Wildman–Crippen MR) is 68.7 cm³/mol. The van der Waals surface area contributed by atoms with Crippen molar-refractivity contribution in [1.29, 1.82) is 0 Å². The average Bonchev–Trinajstić information content (AvgIpc) is 2.64. The Labute approximate surface area is 105 Å². The Kier molecular flexibility index (Phi) is 3.09. The molecule has 0 saturated heterocycles. The highest BCUT2D eigenvalue weighted by Gasteiger charge is 2.17. The highest BCUT2D eigenvalue weighted by atomic mass is 16.4. The van der Waals surface area contributed by atoms with Crippen molar-refractivity contribution in [2.45, 2.75) is 32.9 Å². The van der Waals surface area contributed by atoms with Gasteiger partial charge in [-0.3, -0.25) is 0 Å². The van der Waals surface area contributed by atoms with E-state index >= 15 is 0 Å². The minimum Gasteiger partial charge on any atom is -0.476 e. The van der Waals surface area contributed by atoms with Crippen molar-refractivity contribution in [2.75, 3.05) is 0 Å². The molecule has 0 aliphatic carbocycles. The molecule has 0 atom stereocenters. The first-order valence-electron chi connectivity index (χ1n) is 5.83. The number of carboxylic acids is 1. The molecule has 2 heterocycles. The van der Waals surface area contributed by atoms with E-state index in [0.29, 0.717) is 17.9 Å². The van der Waals surface area contributed by atoms with Crippen LogP contribution in [-0.4, -0.2) is 26.0 Å². The third kappa shape index (κ3) is 2.51. The number of nitrogens with one attached hydrogen (secondary N) is 1. The van der Waals surface area contributed by atoms with Gasteiger partial charge in [-0.1, -0.05) is 6.07 Å². The molecule has 0 radical (unpaired) electrons. The van der Waals surface area contributed by atoms with E-state index in [2.05, 4.69) is 31.1 Å². The molecule has 0 amide bonds. The quantitative estimate of drug-likeness (QED) is 0.869. The zero-order valence-corrected chi connectivity index (χ0v) is 10.8. The Morgan fingerprint density at radius 3 is 2.78 bits per heavy atom. The molecule has 5 nitrogen and oxygen atoms in total. The minimum absolute atomic E-state index is 0.0377. The molecule has 18 heavy (non-hydrogen) atoms. The Balaban J connectivity index is 2.42. The number of carboxylic acid groups (broad SMARTS) is 1. The fourth-order valence-electron chi connectivity index (χ4n) is 1.73. The molecule has 0 aliphatic rings. The first kappa shape index (κ1) is 12.6. The molecule has 0 unspecified atom stereocenters. The smallest absolute Gasteiger partial charge is 0.356 e. The van der Waals surface area contributed by atoms with Crippen molar-refractivity contribution < 1.29 is 9.90 Å². The molecule has 2 aromatic rings. The summed E-state index contributed by atoms with van der Waals surface area (Å²) in [4.78, 5) is 15.3. The summed E-state index contributed by atoms with van der Waals surface area (Å²) in [7, 11) is 0. The number of nitrogens with zero attached hydrogens (tertiary/aromatic N) is 2. The molecule has 5 heteroatoms. The second-order valence-electron chi connectivity index (χ2n) is 5.24. The first-order chi connectivity index (χ1) is 8.38. The van der Waals surface area contributed by atoms with Gasteiger partial charge < -0.3 is 14.8 Å². The lowest BCUT2D eigenvalue weighted by Crippen LogP contribution is -2.35. The van der Waals surface area contributed by atoms with E-state index in [9.17, 15) is 4.79 Å². The van der Waals surface area contributed by atoms with Gasteiger partial charge in [0.15, 0.2) is 5.69 Å². The van der Waals surface area contributed by atoms with Gasteiger partial charge >= 0.3 is 5.97 Å². The second-order valence-corrected chi connectivity index (χ2v) is 5.24. The van der Waals surface area contributed by atoms with Crippen LogP contribution in [0.5, 0.6) is 0 Å². The van der Waals surface area contributed by atoms with Crippen LogP contribution >= 0.6 is 0 Å². The maximum Gasteiger partial charge on any atom is 0.356 e. The standard InChI is InChI=1S/C13H17N3O2/c1-13(2,3)14-8-10-15-11(12(17)18)9-6-4-5-7-16(9)10/h4-7,14H,8H2,1-3H3,(H,17,18). The van der Waals surface area contributed by atoms with Crippen LogP contribution in [-0.2, 0) is 6.54 Å². The molecular formula is C13H17N3O2. The van der Waals surface area contributed by atoms with Crippen LogP contribution < -0.4 is 5.32 Å². The molecule has 2 N–H and O–H groups in total. The lowest BCUT2D eigenvalue weighted by Gasteiger charge is -2.19. The Hall–Kier alpha value is -1.88. The number of carbonyl (C=O) groups is 1. The van der Waals surface area contributed by atoms with Crippen molar-refractivity contribution in [3.63, 3.8) is 0 Å². The fraction of sp³-hybridized carbons (Fsp3) is 0.385. The average molecular weight is 247 g/mol. The van der Waals surface area contributed by atoms with Gasteiger partial charge in [-0.05, 0) is 32.9 Å². The summed E-state index contributed by atoms with van der Waals surface area (Å²) >= 11 is 0. The molecule has 0 spiro atoms. The highest BCUT2D eigenvalue weighted by Crippen LogP contribution is 2.13. The number of fused-ring (bicyclic) bond motifs is 1. The zero-order chi connectivity index (χ0) is 13.3. The molecular weight excluding hydrogens is 230 g/mol. The number of aromatic carboxylic acids is 1. The van der Waals surface area contributed by atoms with Gasteiger partial charge in [-0.25, -0.2) is 9.78 Å². The van der Waals surface area contributed by atoms with Crippen molar-refractivity contribution >= 4 is 11.5 Å². The van der Waals surface area contributed by atoms with E-state index in [1.54, 1.807) is 6.07 Å². The van der Waals surface area contributed by atoms with Crippen LogP contribution in [0.25, 0.3) is 5.52 Å². The van der Waals surface area contributed by atoms with Gasteiger partial charge in [0.05, 0.1) is 12.1 Å². The van der Waals surface area contributed by atoms with Gasteiger partial charge in [0.25, 0.3) is 0 Å². The SMILES string of the molecule is CC(C)(C)NCc1nc(C(=O)O)c2ccccn12. The summed E-state index contributed by atoms with van der Waals surface area (Å²) in [5, 5.41) is 12.4. The molecule has 0 saturated carbocycles. The van der Waals surface area contributed by atoms with Crippen LogP contribution in [0.3, 0.4) is 0 Å². The van der Waals surface area contributed by atoms with E-state index in [-0.39, 0.29) is 11.2 Å². The predicted octanol–water partition coefficient (Wildman–Crippen LogP) is 1.92. The summed E-state index contributed by atoms with van der Waals surface area (Å²) in [5.41, 5.74) is 0.682. The van der Waals surface area contributed by atoms with Crippen molar-refractivity contribution in [3.05, 3.63) is 35.9 Å². The lowest BCUT2D eigenvalue weighted by atomic mass is 10.1. The maximum absolute atomic E-state index is 11.1. The number of rotatable bonds is 3. The normalized spacial score (nSPS) is 11.9. The third-order valence-electron chi connectivity index (χ3n) is 2.60. The van der Waals surface area contributed by atoms with Crippen LogP contribution in [0, 0.1) is 0 Å². The Bertz CT molecular complexity index is 581. The summed E-state index contributed by atoms with van der Waals surface area (Å²) in [6.07, 6.45) is 1.83. The zero-order valence-electron chi connectivity index (χ0n) is 10.8.